The van der Waals surface area contributed by atoms with E-state index in [-0.39, 0.29) is 18.2 Å². The van der Waals surface area contributed by atoms with Gasteiger partial charge in [-0.25, -0.2) is 0 Å². The second kappa shape index (κ2) is 7.29. The number of hydrogen-bond donors (Lipinski definition) is 1. The number of aliphatic hydroxyl groups excluding tert-OH is 1. The second-order valence-corrected chi connectivity index (χ2v) is 11.5. The lowest BCUT2D eigenvalue weighted by Crippen LogP contribution is -2.54. The van der Waals surface area contributed by atoms with Gasteiger partial charge in [0.2, 0.25) is 0 Å². The van der Waals surface area contributed by atoms with Crippen molar-refractivity contribution in [3.8, 4) is 0 Å². The van der Waals surface area contributed by atoms with Crippen LogP contribution in [0.2, 0.25) is 0 Å². The van der Waals surface area contributed by atoms with E-state index in [1.807, 2.05) is 6.92 Å². The molecule has 0 heterocycles. The van der Waals surface area contributed by atoms with Crippen molar-refractivity contribution in [1.82, 2.24) is 0 Å². The van der Waals surface area contributed by atoms with Gasteiger partial charge in [0.25, 0.3) is 0 Å². The Hall–Kier alpha value is -0.570. The van der Waals surface area contributed by atoms with Crippen LogP contribution in [0.4, 0.5) is 0 Å². The standard InChI is InChI=1S/C25H42O3/c1-15(16(2)26)21-8-9-22-20-7-6-18-14-19(28-17(3)27)10-12-24(18,4)23(20)11-13-25(21,22)5/h15-16,18-23,26H,6-14H2,1-5H3/t15-,16?,18-,19-,20+,21-,22+,23+,24+,25-/m1/s1. The van der Waals surface area contributed by atoms with Crippen LogP contribution in [0.5, 0.6) is 0 Å². The SMILES string of the molecule is CC(=O)O[C@@H]1CC[C@@]2(C)[C@H](CC[C@@H]3[C@@H]2CC[C@]2(C)[C@@H]([C@H](C)C(C)O)CC[C@@H]32)C1. The predicted molar refractivity (Wildman–Crippen MR) is 112 cm³/mol. The Labute approximate surface area is 172 Å². The topological polar surface area (TPSA) is 46.5 Å². The van der Waals surface area contributed by atoms with Crippen molar-refractivity contribution in [2.45, 2.75) is 105 Å². The van der Waals surface area contributed by atoms with Crippen molar-refractivity contribution < 1.29 is 14.6 Å². The zero-order valence-corrected chi connectivity index (χ0v) is 18.7. The van der Waals surface area contributed by atoms with E-state index in [2.05, 4.69) is 20.8 Å². The molecular weight excluding hydrogens is 348 g/mol. The number of carbonyl (C=O) groups is 1. The summed E-state index contributed by atoms with van der Waals surface area (Å²) in [6, 6.07) is 0. The van der Waals surface area contributed by atoms with Gasteiger partial charge in [-0.05, 0) is 111 Å². The lowest BCUT2D eigenvalue weighted by atomic mass is 9.44. The Bertz CT molecular complexity index is 601. The van der Waals surface area contributed by atoms with E-state index in [1.54, 1.807) is 6.92 Å². The van der Waals surface area contributed by atoms with Gasteiger partial charge in [0.15, 0.2) is 0 Å². The molecule has 0 amide bonds. The molecule has 3 heteroatoms. The number of ether oxygens (including phenoxy) is 1. The molecule has 160 valence electrons. The van der Waals surface area contributed by atoms with E-state index in [0.717, 1.165) is 36.5 Å². The number of hydrogen-bond acceptors (Lipinski definition) is 3. The third kappa shape index (κ3) is 3.15. The van der Waals surface area contributed by atoms with Crippen molar-refractivity contribution >= 4 is 5.97 Å². The maximum atomic E-state index is 11.4. The summed E-state index contributed by atoms with van der Waals surface area (Å²) in [4.78, 5) is 11.4. The first-order chi connectivity index (χ1) is 13.2. The fraction of sp³-hybridized carbons (Fsp3) is 0.960. The maximum Gasteiger partial charge on any atom is 0.302 e. The molecule has 0 bridgehead atoms. The van der Waals surface area contributed by atoms with Crippen LogP contribution in [0.3, 0.4) is 0 Å². The quantitative estimate of drug-likeness (QED) is 0.639. The predicted octanol–water partition coefficient (Wildman–Crippen LogP) is 5.59. The molecule has 4 saturated carbocycles. The monoisotopic (exact) mass is 390 g/mol. The van der Waals surface area contributed by atoms with Gasteiger partial charge >= 0.3 is 5.97 Å². The van der Waals surface area contributed by atoms with Crippen molar-refractivity contribution in [2.24, 2.45) is 46.3 Å². The third-order valence-electron chi connectivity index (χ3n) is 10.4. The van der Waals surface area contributed by atoms with Crippen LogP contribution in [0.1, 0.15) is 92.4 Å². The molecule has 1 N–H and O–H groups in total. The Morgan fingerprint density at radius 1 is 0.964 bits per heavy atom. The van der Waals surface area contributed by atoms with Gasteiger partial charge in [0.1, 0.15) is 6.10 Å². The van der Waals surface area contributed by atoms with Crippen LogP contribution < -0.4 is 0 Å². The Morgan fingerprint density at radius 3 is 2.32 bits per heavy atom. The van der Waals surface area contributed by atoms with Gasteiger partial charge in [0.05, 0.1) is 6.10 Å². The van der Waals surface area contributed by atoms with Crippen LogP contribution >= 0.6 is 0 Å². The molecule has 0 saturated heterocycles. The summed E-state index contributed by atoms with van der Waals surface area (Å²) >= 11 is 0. The van der Waals surface area contributed by atoms with Gasteiger partial charge in [-0.15, -0.1) is 0 Å². The first-order valence-electron chi connectivity index (χ1n) is 12.0. The van der Waals surface area contributed by atoms with Crippen LogP contribution in [0.25, 0.3) is 0 Å². The Morgan fingerprint density at radius 2 is 1.64 bits per heavy atom. The molecule has 3 nitrogen and oxygen atoms in total. The molecule has 0 spiro atoms. The minimum atomic E-state index is -0.192. The highest BCUT2D eigenvalue weighted by atomic mass is 16.5. The number of rotatable bonds is 3. The molecule has 10 atom stereocenters. The van der Waals surface area contributed by atoms with Crippen LogP contribution in [0, 0.1) is 46.3 Å². The minimum absolute atomic E-state index is 0.111. The highest BCUT2D eigenvalue weighted by Gasteiger charge is 2.61. The second-order valence-electron chi connectivity index (χ2n) is 11.5. The molecule has 4 aliphatic rings. The van der Waals surface area contributed by atoms with E-state index in [0.29, 0.717) is 22.7 Å². The minimum Gasteiger partial charge on any atom is -0.463 e. The molecule has 4 fully saturated rings. The smallest absolute Gasteiger partial charge is 0.302 e. The van der Waals surface area contributed by atoms with Crippen LogP contribution in [0.15, 0.2) is 0 Å². The first-order valence-corrected chi connectivity index (χ1v) is 12.0. The summed E-state index contributed by atoms with van der Waals surface area (Å²) in [7, 11) is 0. The maximum absolute atomic E-state index is 11.4. The molecular formula is C25H42O3. The van der Waals surface area contributed by atoms with Gasteiger partial charge in [-0.2, -0.15) is 0 Å². The molecule has 1 unspecified atom stereocenters. The molecule has 0 radical (unpaired) electrons. The van der Waals surface area contributed by atoms with Crippen molar-refractivity contribution in [2.75, 3.05) is 0 Å². The summed E-state index contributed by atoms with van der Waals surface area (Å²) in [5, 5.41) is 10.3. The van der Waals surface area contributed by atoms with Crippen molar-refractivity contribution in [3.05, 3.63) is 0 Å². The molecule has 4 aliphatic carbocycles. The Kier molecular flexibility index (Phi) is 5.39. The fourth-order valence-corrected chi connectivity index (χ4v) is 8.80. The molecule has 0 aliphatic heterocycles. The average molecular weight is 391 g/mol. The van der Waals surface area contributed by atoms with Crippen molar-refractivity contribution in [1.29, 1.82) is 0 Å². The van der Waals surface area contributed by atoms with Crippen LogP contribution in [-0.4, -0.2) is 23.3 Å². The summed E-state index contributed by atoms with van der Waals surface area (Å²) < 4.78 is 5.61. The van der Waals surface area contributed by atoms with Gasteiger partial charge in [-0.1, -0.05) is 20.8 Å². The van der Waals surface area contributed by atoms with Gasteiger partial charge in [-0.3, -0.25) is 4.79 Å². The average Bonchev–Trinajstić information content (AvgIpc) is 2.98. The van der Waals surface area contributed by atoms with Crippen molar-refractivity contribution in [3.63, 3.8) is 0 Å². The third-order valence-corrected chi connectivity index (χ3v) is 10.4. The number of fused-ring (bicyclic) bond motifs is 5. The highest BCUT2D eigenvalue weighted by molar-refractivity contribution is 5.66. The van der Waals surface area contributed by atoms with E-state index in [9.17, 15) is 9.90 Å². The first kappa shape index (κ1) is 20.7. The van der Waals surface area contributed by atoms with E-state index in [1.165, 1.54) is 44.9 Å². The normalized spacial score (nSPS) is 50.1. The largest absolute Gasteiger partial charge is 0.463 e. The van der Waals surface area contributed by atoms with E-state index < -0.39 is 0 Å². The van der Waals surface area contributed by atoms with Gasteiger partial charge in [0, 0.05) is 6.92 Å². The summed E-state index contributed by atoms with van der Waals surface area (Å²) in [5.74, 6) is 4.28. The molecule has 28 heavy (non-hydrogen) atoms. The number of esters is 1. The molecule has 0 aromatic carbocycles. The van der Waals surface area contributed by atoms with E-state index in [4.69, 9.17) is 4.74 Å². The zero-order chi connectivity index (χ0) is 20.3. The van der Waals surface area contributed by atoms with E-state index >= 15 is 0 Å². The number of carbonyl (C=O) groups excluding carboxylic acids is 1. The molecule has 0 aromatic rings. The summed E-state index contributed by atoms with van der Waals surface area (Å²) in [6.45, 7) is 11.0. The molecule has 4 rings (SSSR count). The Balaban J connectivity index is 1.52. The van der Waals surface area contributed by atoms with Crippen LogP contribution in [-0.2, 0) is 9.53 Å². The molecule has 0 aromatic heterocycles. The summed E-state index contributed by atoms with van der Waals surface area (Å²) in [6.07, 6.45) is 11.4. The fourth-order valence-electron chi connectivity index (χ4n) is 8.80. The zero-order valence-electron chi connectivity index (χ0n) is 18.7. The summed E-state index contributed by atoms with van der Waals surface area (Å²) in [5.41, 5.74) is 0.866. The number of aliphatic hydroxyl groups is 1. The van der Waals surface area contributed by atoms with Gasteiger partial charge < -0.3 is 9.84 Å². The highest BCUT2D eigenvalue weighted by Crippen LogP contribution is 2.68. The lowest BCUT2D eigenvalue weighted by Gasteiger charge is -2.61. The lowest BCUT2D eigenvalue weighted by molar-refractivity contribution is -0.160.